The highest BCUT2D eigenvalue weighted by molar-refractivity contribution is 5.80. The summed E-state index contributed by atoms with van der Waals surface area (Å²) in [5.41, 5.74) is 7.06. The van der Waals surface area contributed by atoms with E-state index in [2.05, 4.69) is 28.6 Å². The Morgan fingerprint density at radius 1 is 1.61 bits per heavy atom. The number of nitrogens with zero attached hydrogens (tertiary/aromatic N) is 2. The lowest BCUT2D eigenvalue weighted by Gasteiger charge is -2.25. The molecule has 2 N–H and O–H groups in total. The van der Waals surface area contributed by atoms with Crippen molar-refractivity contribution in [1.29, 1.82) is 0 Å². The summed E-state index contributed by atoms with van der Waals surface area (Å²) in [5, 5.41) is 0. The molecule has 0 radical (unpaired) electrons. The molecule has 1 aromatic rings. The summed E-state index contributed by atoms with van der Waals surface area (Å²) in [6, 6.07) is 8.28. The van der Waals surface area contributed by atoms with Gasteiger partial charge in [0.05, 0.1) is 19.2 Å². The summed E-state index contributed by atoms with van der Waals surface area (Å²) in [6.45, 7) is 7.80. The SMILES string of the molecule is C=CCN1C(N)=NCC1c1cccc(OCC)c1. The Morgan fingerprint density at radius 2 is 2.44 bits per heavy atom. The molecule has 1 heterocycles. The molecule has 4 nitrogen and oxygen atoms in total. The minimum Gasteiger partial charge on any atom is -0.494 e. The van der Waals surface area contributed by atoms with Gasteiger partial charge < -0.3 is 15.4 Å². The van der Waals surface area contributed by atoms with Gasteiger partial charge in [-0.2, -0.15) is 0 Å². The average molecular weight is 245 g/mol. The van der Waals surface area contributed by atoms with E-state index in [1.807, 2.05) is 25.1 Å². The van der Waals surface area contributed by atoms with Crippen molar-refractivity contribution in [3.63, 3.8) is 0 Å². The molecule has 0 amide bonds. The van der Waals surface area contributed by atoms with Crippen molar-refractivity contribution in [3.8, 4) is 5.75 Å². The van der Waals surface area contributed by atoms with Crippen molar-refractivity contribution in [2.24, 2.45) is 10.7 Å². The molecule has 0 spiro atoms. The summed E-state index contributed by atoms with van der Waals surface area (Å²) in [4.78, 5) is 6.36. The zero-order valence-electron chi connectivity index (χ0n) is 10.7. The van der Waals surface area contributed by atoms with E-state index in [1.54, 1.807) is 0 Å². The Labute approximate surface area is 108 Å². The predicted molar refractivity (Wildman–Crippen MR) is 73.7 cm³/mol. The van der Waals surface area contributed by atoms with Gasteiger partial charge in [-0.15, -0.1) is 6.58 Å². The molecule has 0 saturated carbocycles. The lowest BCUT2D eigenvalue weighted by atomic mass is 10.1. The minimum atomic E-state index is 0.184. The van der Waals surface area contributed by atoms with Gasteiger partial charge >= 0.3 is 0 Å². The highest BCUT2D eigenvalue weighted by atomic mass is 16.5. The molecule has 2 rings (SSSR count). The Morgan fingerprint density at radius 3 is 3.17 bits per heavy atom. The monoisotopic (exact) mass is 245 g/mol. The zero-order valence-corrected chi connectivity index (χ0v) is 10.7. The van der Waals surface area contributed by atoms with Crippen molar-refractivity contribution >= 4 is 5.96 Å². The number of ether oxygens (including phenoxy) is 1. The molecule has 1 aliphatic heterocycles. The first-order valence-corrected chi connectivity index (χ1v) is 6.16. The van der Waals surface area contributed by atoms with Crippen LogP contribution >= 0.6 is 0 Å². The summed E-state index contributed by atoms with van der Waals surface area (Å²) < 4.78 is 5.52. The lowest BCUT2D eigenvalue weighted by Crippen LogP contribution is -2.36. The van der Waals surface area contributed by atoms with Crippen molar-refractivity contribution in [2.75, 3.05) is 19.7 Å². The third-order valence-corrected chi connectivity index (χ3v) is 2.98. The van der Waals surface area contributed by atoms with Crippen LogP contribution in [0.1, 0.15) is 18.5 Å². The standard InChI is InChI=1S/C14H19N3O/c1-3-8-17-13(10-16-14(17)15)11-6-5-7-12(9-11)18-4-2/h3,5-7,9,13H,1,4,8,10H2,2H3,(H2,15,16). The smallest absolute Gasteiger partial charge is 0.192 e. The van der Waals surface area contributed by atoms with E-state index < -0.39 is 0 Å². The number of benzene rings is 1. The molecule has 0 aliphatic carbocycles. The molecule has 0 fully saturated rings. The van der Waals surface area contributed by atoms with E-state index in [-0.39, 0.29) is 6.04 Å². The maximum Gasteiger partial charge on any atom is 0.192 e. The maximum absolute atomic E-state index is 5.89. The van der Waals surface area contributed by atoms with Gasteiger partial charge in [0.25, 0.3) is 0 Å². The number of nitrogens with two attached hydrogens (primary N) is 1. The number of rotatable bonds is 5. The molecule has 0 saturated heterocycles. The van der Waals surface area contributed by atoms with E-state index in [9.17, 15) is 0 Å². The molecule has 1 aromatic carbocycles. The number of aliphatic imine (C=N–C) groups is 1. The second-order valence-corrected chi connectivity index (χ2v) is 4.16. The van der Waals surface area contributed by atoms with Gasteiger partial charge in [0, 0.05) is 6.54 Å². The van der Waals surface area contributed by atoms with Gasteiger partial charge in [0.2, 0.25) is 0 Å². The number of hydrogen-bond acceptors (Lipinski definition) is 4. The second kappa shape index (κ2) is 5.58. The van der Waals surface area contributed by atoms with Crippen LogP contribution in [0.15, 0.2) is 41.9 Å². The molecule has 1 unspecified atom stereocenters. The molecule has 0 bridgehead atoms. The van der Waals surface area contributed by atoms with Crippen LogP contribution in [0.3, 0.4) is 0 Å². The van der Waals surface area contributed by atoms with Crippen LogP contribution in [0.25, 0.3) is 0 Å². The number of guanidine groups is 1. The normalized spacial score (nSPS) is 18.6. The molecular formula is C14H19N3O. The first kappa shape index (κ1) is 12.5. The predicted octanol–water partition coefficient (Wildman–Crippen LogP) is 1.94. The lowest BCUT2D eigenvalue weighted by molar-refractivity contribution is 0.336. The van der Waals surface area contributed by atoms with Crippen LogP contribution in [-0.4, -0.2) is 30.6 Å². The summed E-state index contributed by atoms with van der Waals surface area (Å²) in [5.74, 6) is 1.47. The first-order chi connectivity index (χ1) is 8.76. The first-order valence-electron chi connectivity index (χ1n) is 6.16. The van der Waals surface area contributed by atoms with Crippen LogP contribution < -0.4 is 10.5 Å². The molecule has 0 aromatic heterocycles. The minimum absolute atomic E-state index is 0.184. The van der Waals surface area contributed by atoms with E-state index >= 15 is 0 Å². The highest BCUT2D eigenvalue weighted by Crippen LogP contribution is 2.27. The van der Waals surface area contributed by atoms with Crippen molar-refractivity contribution in [3.05, 3.63) is 42.5 Å². The Hall–Kier alpha value is -1.97. The quantitative estimate of drug-likeness (QED) is 0.807. The van der Waals surface area contributed by atoms with Gasteiger partial charge in [-0.3, -0.25) is 4.99 Å². The van der Waals surface area contributed by atoms with Crippen LogP contribution in [0.5, 0.6) is 5.75 Å². The fourth-order valence-corrected chi connectivity index (χ4v) is 2.15. The van der Waals surface area contributed by atoms with Gasteiger partial charge in [-0.05, 0) is 24.6 Å². The average Bonchev–Trinajstić information content (AvgIpc) is 2.73. The van der Waals surface area contributed by atoms with E-state index in [1.165, 1.54) is 5.56 Å². The molecule has 1 atom stereocenters. The third-order valence-electron chi connectivity index (χ3n) is 2.98. The molecular weight excluding hydrogens is 226 g/mol. The summed E-state index contributed by atoms with van der Waals surface area (Å²) in [6.07, 6.45) is 1.84. The van der Waals surface area contributed by atoms with Crippen LogP contribution in [-0.2, 0) is 0 Å². The highest BCUT2D eigenvalue weighted by Gasteiger charge is 2.26. The second-order valence-electron chi connectivity index (χ2n) is 4.16. The van der Waals surface area contributed by atoms with Crippen LogP contribution in [0.2, 0.25) is 0 Å². The maximum atomic E-state index is 5.89. The van der Waals surface area contributed by atoms with Crippen molar-refractivity contribution in [2.45, 2.75) is 13.0 Å². The van der Waals surface area contributed by atoms with Gasteiger partial charge in [0.15, 0.2) is 5.96 Å². The van der Waals surface area contributed by atoms with Crippen LogP contribution in [0.4, 0.5) is 0 Å². The molecule has 4 heteroatoms. The summed E-state index contributed by atoms with van der Waals surface area (Å²) >= 11 is 0. The zero-order chi connectivity index (χ0) is 13.0. The fraction of sp³-hybridized carbons (Fsp3) is 0.357. The molecule has 1 aliphatic rings. The third kappa shape index (κ3) is 2.47. The van der Waals surface area contributed by atoms with Gasteiger partial charge in [0.1, 0.15) is 5.75 Å². The van der Waals surface area contributed by atoms with E-state index in [0.717, 1.165) is 5.75 Å². The largest absolute Gasteiger partial charge is 0.494 e. The van der Waals surface area contributed by atoms with Crippen LogP contribution in [0, 0.1) is 0 Å². The van der Waals surface area contributed by atoms with E-state index in [4.69, 9.17) is 10.5 Å². The topological polar surface area (TPSA) is 50.8 Å². The van der Waals surface area contributed by atoms with Gasteiger partial charge in [-0.1, -0.05) is 18.2 Å². The Bertz CT molecular complexity index is 456. The van der Waals surface area contributed by atoms with Gasteiger partial charge in [-0.25, -0.2) is 0 Å². The summed E-state index contributed by atoms with van der Waals surface area (Å²) in [7, 11) is 0. The fourth-order valence-electron chi connectivity index (χ4n) is 2.15. The number of hydrogen-bond donors (Lipinski definition) is 1. The van der Waals surface area contributed by atoms with E-state index in [0.29, 0.717) is 25.7 Å². The van der Waals surface area contributed by atoms with Crippen molar-refractivity contribution < 1.29 is 4.74 Å². The Kier molecular flexibility index (Phi) is 3.87. The Balaban J connectivity index is 2.20. The van der Waals surface area contributed by atoms with Crippen molar-refractivity contribution in [1.82, 2.24) is 4.90 Å². The molecule has 96 valence electrons. The molecule has 18 heavy (non-hydrogen) atoms.